The highest BCUT2D eigenvalue weighted by Gasteiger charge is 2.07. The average molecular weight is 356 g/mol. The van der Waals surface area contributed by atoms with Gasteiger partial charge in [0, 0.05) is 22.1 Å². The number of anilines is 1. The number of nitrogens with zero attached hydrogens (tertiary/aromatic N) is 1. The topological polar surface area (TPSA) is 51.2 Å². The monoisotopic (exact) mass is 354 g/mol. The minimum absolute atomic E-state index is 0.108. The van der Waals surface area contributed by atoms with Crippen LogP contribution in [-0.4, -0.2) is 17.5 Å². The number of hydrogen-bond acceptors (Lipinski definition) is 3. The number of aryl methyl sites for hydroxylation is 1. The fourth-order valence-electron chi connectivity index (χ4n) is 1.56. The average Bonchev–Trinajstić information content (AvgIpc) is 2.37. The molecular formula is C14H12BrClN2O2. The van der Waals surface area contributed by atoms with Gasteiger partial charge in [-0.25, -0.2) is 0 Å². The Kier molecular flexibility index (Phi) is 4.98. The number of rotatable bonds is 4. The van der Waals surface area contributed by atoms with E-state index in [1.807, 2.05) is 6.92 Å². The molecule has 0 bridgehead atoms. The highest BCUT2D eigenvalue weighted by molar-refractivity contribution is 9.10. The Bertz CT molecular complexity index is 634. The van der Waals surface area contributed by atoms with E-state index in [0.717, 1.165) is 10.2 Å². The lowest BCUT2D eigenvalue weighted by Crippen LogP contribution is -2.20. The normalized spacial score (nSPS) is 10.2. The molecule has 1 amide bonds. The third-order valence-electron chi connectivity index (χ3n) is 2.43. The van der Waals surface area contributed by atoms with Gasteiger partial charge in [-0.05, 0) is 37.3 Å². The van der Waals surface area contributed by atoms with E-state index < -0.39 is 0 Å². The summed E-state index contributed by atoms with van der Waals surface area (Å²) in [5, 5.41) is 3.18. The summed E-state index contributed by atoms with van der Waals surface area (Å²) in [7, 11) is 0. The van der Waals surface area contributed by atoms with Crippen molar-refractivity contribution in [3.63, 3.8) is 0 Å². The Morgan fingerprint density at radius 3 is 2.90 bits per heavy atom. The molecule has 0 fully saturated rings. The van der Waals surface area contributed by atoms with Gasteiger partial charge in [0.15, 0.2) is 6.61 Å². The molecule has 0 saturated carbocycles. The van der Waals surface area contributed by atoms with E-state index in [0.29, 0.717) is 16.5 Å². The summed E-state index contributed by atoms with van der Waals surface area (Å²) in [6, 6.07) is 8.71. The smallest absolute Gasteiger partial charge is 0.262 e. The Balaban J connectivity index is 1.92. The molecule has 0 spiro atoms. The van der Waals surface area contributed by atoms with Gasteiger partial charge in [0.1, 0.15) is 5.75 Å². The van der Waals surface area contributed by atoms with Crippen LogP contribution in [0, 0.1) is 6.92 Å². The fourth-order valence-corrected chi connectivity index (χ4v) is 2.28. The molecule has 1 N–H and O–H groups in total. The maximum Gasteiger partial charge on any atom is 0.262 e. The van der Waals surface area contributed by atoms with E-state index in [1.165, 1.54) is 0 Å². The molecule has 1 aromatic heterocycles. The zero-order valence-corrected chi connectivity index (χ0v) is 13.0. The highest BCUT2D eigenvalue weighted by atomic mass is 79.9. The van der Waals surface area contributed by atoms with Crippen LogP contribution in [0.15, 0.2) is 41.0 Å². The summed E-state index contributed by atoms with van der Waals surface area (Å²) in [6.45, 7) is 1.75. The van der Waals surface area contributed by atoms with Gasteiger partial charge in [-0.15, -0.1) is 0 Å². The van der Waals surface area contributed by atoms with Crippen LogP contribution in [0.25, 0.3) is 0 Å². The quantitative estimate of drug-likeness (QED) is 0.907. The molecule has 20 heavy (non-hydrogen) atoms. The molecule has 0 aliphatic carbocycles. The first-order valence-electron chi connectivity index (χ1n) is 5.85. The number of carbonyl (C=O) groups excluding carboxylic acids is 1. The minimum Gasteiger partial charge on any atom is -0.482 e. The van der Waals surface area contributed by atoms with E-state index in [9.17, 15) is 4.79 Å². The summed E-state index contributed by atoms with van der Waals surface area (Å²) in [5.74, 6) is 0.213. The summed E-state index contributed by atoms with van der Waals surface area (Å²) in [6.07, 6.45) is 1.64. The molecule has 6 heteroatoms. The molecule has 104 valence electrons. The number of pyridine rings is 1. The van der Waals surface area contributed by atoms with Crippen molar-refractivity contribution in [3.05, 3.63) is 51.7 Å². The van der Waals surface area contributed by atoms with Gasteiger partial charge >= 0.3 is 0 Å². The SMILES string of the molecule is Cc1cc(NC(=O)COc2ccc(Br)cc2Cl)ccn1. The summed E-state index contributed by atoms with van der Waals surface area (Å²) >= 11 is 9.30. The van der Waals surface area contributed by atoms with E-state index >= 15 is 0 Å². The number of amides is 1. The van der Waals surface area contributed by atoms with E-state index in [2.05, 4.69) is 26.2 Å². The predicted octanol–water partition coefficient (Wildman–Crippen LogP) is 3.82. The molecule has 0 radical (unpaired) electrons. The Morgan fingerprint density at radius 2 is 2.20 bits per heavy atom. The third-order valence-corrected chi connectivity index (χ3v) is 3.22. The van der Waals surface area contributed by atoms with Crippen molar-refractivity contribution >= 4 is 39.1 Å². The maximum atomic E-state index is 11.8. The number of carbonyl (C=O) groups is 1. The maximum absolute atomic E-state index is 11.8. The van der Waals surface area contributed by atoms with Crippen LogP contribution in [0.1, 0.15) is 5.69 Å². The second-order valence-electron chi connectivity index (χ2n) is 4.10. The number of ether oxygens (including phenoxy) is 1. The number of aromatic nitrogens is 1. The predicted molar refractivity (Wildman–Crippen MR) is 82.3 cm³/mol. The van der Waals surface area contributed by atoms with Gasteiger partial charge in [-0.2, -0.15) is 0 Å². The van der Waals surface area contributed by atoms with E-state index in [4.69, 9.17) is 16.3 Å². The van der Waals surface area contributed by atoms with Crippen molar-refractivity contribution in [2.75, 3.05) is 11.9 Å². The molecule has 0 saturated heterocycles. The van der Waals surface area contributed by atoms with Crippen LogP contribution >= 0.6 is 27.5 Å². The van der Waals surface area contributed by atoms with Gasteiger partial charge in [-0.1, -0.05) is 27.5 Å². The van der Waals surface area contributed by atoms with Gasteiger partial charge in [0.25, 0.3) is 5.91 Å². The van der Waals surface area contributed by atoms with Crippen molar-refractivity contribution in [1.82, 2.24) is 4.98 Å². The molecule has 0 atom stereocenters. The zero-order chi connectivity index (χ0) is 14.5. The van der Waals surface area contributed by atoms with E-state index in [-0.39, 0.29) is 12.5 Å². The van der Waals surface area contributed by atoms with Crippen LogP contribution in [0.3, 0.4) is 0 Å². The van der Waals surface area contributed by atoms with Crippen molar-refractivity contribution in [3.8, 4) is 5.75 Å². The number of halogens is 2. The van der Waals surface area contributed by atoms with Crippen molar-refractivity contribution in [1.29, 1.82) is 0 Å². The number of hydrogen-bond donors (Lipinski definition) is 1. The fraction of sp³-hybridized carbons (Fsp3) is 0.143. The Hall–Kier alpha value is -1.59. The summed E-state index contributed by atoms with van der Waals surface area (Å²) in [5.41, 5.74) is 1.52. The molecule has 0 aliphatic heterocycles. The number of nitrogens with one attached hydrogen (secondary N) is 1. The molecule has 0 unspecified atom stereocenters. The molecule has 2 aromatic rings. The largest absolute Gasteiger partial charge is 0.482 e. The lowest BCUT2D eigenvalue weighted by molar-refractivity contribution is -0.118. The molecule has 2 rings (SSSR count). The summed E-state index contributed by atoms with van der Waals surface area (Å²) < 4.78 is 6.23. The van der Waals surface area contributed by atoms with Gasteiger partial charge in [-0.3, -0.25) is 9.78 Å². The van der Waals surface area contributed by atoms with Crippen LogP contribution in [0.5, 0.6) is 5.75 Å². The Morgan fingerprint density at radius 1 is 1.40 bits per heavy atom. The second-order valence-corrected chi connectivity index (χ2v) is 5.42. The first-order valence-corrected chi connectivity index (χ1v) is 7.02. The first-order chi connectivity index (χ1) is 9.54. The molecular weight excluding hydrogens is 344 g/mol. The van der Waals surface area contributed by atoms with Crippen molar-refractivity contribution < 1.29 is 9.53 Å². The zero-order valence-electron chi connectivity index (χ0n) is 10.7. The lowest BCUT2D eigenvalue weighted by atomic mass is 10.3. The first kappa shape index (κ1) is 14.8. The lowest BCUT2D eigenvalue weighted by Gasteiger charge is -2.09. The summed E-state index contributed by atoms with van der Waals surface area (Å²) in [4.78, 5) is 15.8. The van der Waals surface area contributed by atoms with E-state index in [1.54, 1.807) is 36.5 Å². The van der Waals surface area contributed by atoms with Gasteiger partial charge in [0.05, 0.1) is 5.02 Å². The minimum atomic E-state index is -0.255. The highest BCUT2D eigenvalue weighted by Crippen LogP contribution is 2.27. The molecule has 1 heterocycles. The van der Waals surface area contributed by atoms with Gasteiger partial charge < -0.3 is 10.1 Å². The third kappa shape index (κ3) is 4.21. The van der Waals surface area contributed by atoms with Gasteiger partial charge in [0.2, 0.25) is 0 Å². The van der Waals surface area contributed by atoms with Crippen molar-refractivity contribution in [2.24, 2.45) is 0 Å². The standard InChI is InChI=1S/C14H12BrClN2O2/c1-9-6-11(4-5-17-9)18-14(19)8-20-13-3-2-10(15)7-12(13)16/h2-7H,8H2,1H3,(H,17,18,19). The van der Waals surface area contributed by atoms with Crippen LogP contribution in [0.2, 0.25) is 5.02 Å². The van der Waals surface area contributed by atoms with Crippen LogP contribution in [-0.2, 0) is 4.79 Å². The van der Waals surface area contributed by atoms with Crippen molar-refractivity contribution in [2.45, 2.75) is 6.92 Å². The molecule has 1 aromatic carbocycles. The number of benzene rings is 1. The second kappa shape index (κ2) is 6.72. The van der Waals surface area contributed by atoms with Crippen LogP contribution in [0.4, 0.5) is 5.69 Å². The molecule has 0 aliphatic rings. The molecule has 4 nitrogen and oxygen atoms in total. The van der Waals surface area contributed by atoms with Crippen LogP contribution < -0.4 is 10.1 Å². The Labute approximate surface area is 130 Å².